The molecule has 9 heavy (non-hydrogen) atoms. The molecule has 4 nitrogen and oxygen atoms in total. The van der Waals surface area contributed by atoms with Crippen LogP contribution in [0.25, 0.3) is 0 Å². The first-order chi connectivity index (χ1) is 4.26. The Morgan fingerprint density at radius 3 is 2.11 bits per heavy atom. The SMILES string of the molecule is O=C(O[SiH3])C(CO)CO. The Morgan fingerprint density at radius 1 is 1.56 bits per heavy atom. The van der Waals surface area contributed by atoms with Crippen molar-refractivity contribution in [1.82, 2.24) is 0 Å². The molecular weight excluding hydrogens is 140 g/mol. The summed E-state index contributed by atoms with van der Waals surface area (Å²) in [5.41, 5.74) is 0. The van der Waals surface area contributed by atoms with Gasteiger partial charge in [-0.2, -0.15) is 0 Å². The molecule has 0 saturated carbocycles. The predicted molar refractivity (Wildman–Crippen MR) is 33.7 cm³/mol. The monoisotopic (exact) mass is 150 g/mol. The van der Waals surface area contributed by atoms with Crippen LogP contribution < -0.4 is 0 Å². The van der Waals surface area contributed by atoms with Crippen LogP contribution in [0.15, 0.2) is 0 Å². The van der Waals surface area contributed by atoms with E-state index in [9.17, 15) is 4.79 Å². The van der Waals surface area contributed by atoms with Gasteiger partial charge in [0.05, 0.1) is 13.2 Å². The number of aliphatic hydroxyl groups is 2. The van der Waals surface area contributed by atoms with Crippen LogP contribution in [0.1, 0.15) is 0 Å². The third-order valence-corrected chi connectivity index (χ3v) is 1.38. The van der Waals surface area contributed by atoms with E-state index in [1.165, 1.54) is 0 Å². The Morgan fingerprint density at radius 2 is 2.00 bits per heavy atom. The lowest BCUT2D eigenvalue weighted by molar-refractivity contribution is -0.141. The van der Waals surface area contributed by atoms with Crippen LogP contribution in [0.4, 0.5) is 0 Å². The zero-order valence-corrected chi connectivity index (χ0v) is 7.20. The lowest BCUT2D eigenvalue weighted by atomic mass is 10.2. The molecule has 0 aromatic carbocycles. The topological polar surface area (TPSA) is 66.8 Å². The molecule has 0 aliphatic carbocycles. The van der Waals surface area contributed by atoms with Gasteiger partial charge in [0.25, 0.3) is 5.97 Å². The van der Waals surface area contributed by atoms with Gasteiger partial charge in [-0.1, -0.05) is 0 Å². The standard InChI is InChI=1S/C4H10O4Si/c5-1-3(2-6)4(7)8-9/h3,5-6H,1-2H2,9H3. The summed E-state index contributed by atoms with van der Waals surface area (Å²) in [5.74, 6) is -1.27. The summed E-state index contributed by atoms with van der Waals surface area (Å²) >= 11 is 0. The van der Waals surface area contributed by atoms with Crippen LogP contribution in [-0.2, 0) is 9.22 Å². The van der Waals surface area contributed by atoms with Crippen molar-refractivity contribution in [2.24, 2.45) is 5.92 Å². The van der Waals surface area contributed by atoms with Gasteiger partial charge in [0.1, 0.15) is 5.92 Å². The summed E-state index contributed by atoms with van der Waals surface area (Å²) < 4.78 is 4.37. The molecule has 0 atom stereocenters. The minimum Gasteiger partial charge on any atom is -0.528 e. The smallest absolute Gasteiger partial charge is 0.299 e. The van der Waals surface area contributed by atoms with Crippen molar-refractivity contribution in [2.45, 2.75) is 0 Å². The third-order valence-electron chi connectivity index (χ3n) is 0.975. The second-order valence-electron chi connectivity index (χ2n) is 1.59. The van der Waals surface area contributed by atoms with E-state index >= 15 is 0 Å². The van der Waals surface area contributed by atoms with Crippen LogP contribution in [0.3, 0.4) is 0 Å². The molecule has 0 rings (SSSR count). The highest BCUT2D eigenvalue weighted by Gasteiger charge is 2.15. The van der Waals surface area contributed by atoms with Crippen LogP contribution in [0.5, 0.6) is 0 Å². The summed E-state index contributed by atoms with van der Waals surface area (Å²) in [4.78, 5) is 10.5. The third kappa shape index (κ3) is 2.59. The molecule has 0 aliphatic heterocycles. The molecule has 2 N–H and O–H groups in total. The van der Waals surface area contributed by atoms with E-state index in [2.05, 4.69) is 4.43 Å². The molecule has 0 radical (unpaired) electrons. The van der Waals surface area contributed by atoms with Crippen LogP contribution in [-0.4, -0.2) is 39.9 Å². The normalized spacial score (nSPS) is 10.1. The van der Waals surface area contributed by atoms with Gasteiger partial charge in [-0.3, -0.25) is 4.79 Å². The zero-order valence-electron chi connectivity index (χ0n) is 5.20. The maximum absolute atomic E-state index is 10.5. The van der Waals surface area contributed by atoms with Gasteiger partial charge in [-0.25, -0.2) is 0 Å². The van der Waals surface area contributed by atoms with Crippen molar-refractivity contribution in [1.29, 1.82) is 0 Å². The molecule has 5 heteroatoms. The second kappa shape index (κ2) is 4.48. The minimum absolute atomic E-state index is 0.308. The number of carbonyl (C=O) groups is 1. The number of aliphatic hydroxyl groups excluding tert-OH is 2. The Labute approximate surface area is 56.0 Å². The van der Waals surface area contributed by atoms with E-state index in [-0.39, 0.29) is 13.2 Å². The Hall–Kier alpha value is -0.393. The van der Waals surface area contributed by atoms with E-state index < -0.39 is 11.9 Å². The van der Waals surface area contributed by atoms with Gasteiger partial charge < -0.3 is 14.6 Å². The van der Waals surface area contributed by atoms with Gasteiger partial charge in [-0.15, -0.1) is 0 Å². The van der Waals surface area contributed by atoms with Gasteiger partial charge in [0.15, 0.2) is 0 Å². The van der Waals surface area contributed by atoms with Crippen LogP contribution in [0.2, 0.25) is 0 Å². The minimum atomic E-state index is -0.748. The fraction of sp³-hybridized carbons (Fsp3) is 0.750. The van der Waals surface area contributed by atoms with Crippen molar-refractivity contribution in [3.8, 4) is 0 Å². The molecule has 0 amide bonds. The molecule has 0 spiro atoms. The molecule has 0 aromatic rings. The summed E-state index contributed by atoms with van der Waals surface area (Å²) in [5, 5.41) is 16.8. The number of rotatable bonds is 3. The Bertz CT molecular complexity index is 90.6. The molecule has 0 unspecified atom stereocenters. The lowest BCUT2D eigenvalue weighted by Crippen LogP contribution is -2.23. The fourth-order valence-corrected chi connectivity index (χ4v) is 0.707. The number of hydrogen-bond donors (Lipinski definition) is 2. The summed E-state index contributed by atoms with van der Waals surface area (Å²) in [6.07, 6.45) is 0. The average molecular weight is 150 g/mol. The first-order valence-corrected chi connectivity index (χ1v) is 3.37. The van der Waals surface area contributed by atoms with Crippen molar-refractivity contribution in [2.75, 3.05) is 13.2 Å². The van der Waals surface area contributed by atoms with Crippen LogP contribution >= 0.6 is 0 Å². The van der Waals surface area contributed by atoms with Gasteiger partial charge in [0, 0.05) is 0 Å². The summed E-state index contributed by atoms with van der Waals surface area (Å²) in [6, 6.07) is 0. The lowest BCUT2D eigenvalue weighted by Gasteiger charge is -2.06. The van der Waals surface area contributed by atoms with E-state index in [1.807, 2.05) is 0 Å². The Balaban J connectivity index is 3.64. The van der Waals surface area contributed by atoms with E-state index in [0.29, 0.717) is 10.5 Å². The predicted octanol–water partition coefficient (Wildman–Crippen LogP) is -2.59. The molecule has 0 fully saturated rings. The van der Waals surface area contributed by atoms with E-state index in [4.69, 9.17) is 10.2 Å². The summed E-state index contributed by atoms with van der Waals surface area (Å²) in [6.45, 7) is -0.699. The van der Waals surface area contributed by atoms with Crippen molar-refractivity contribution >= 4 is 16.5 Å². The maximum Gasteiger partial charge on any atom is 0.299 e. The highest BCUT2D eigenvalue weighted by Crippen LogP contribution is 1.94. The molecule has 0 heterocycles. The van der Waals surface area contributed by atoms with E-state index in [1.54, 1.807) is 0 Å². The number of carbonyl (C=O) groups excluding carboxylic acids is 1. The van der Waals surface area contributed by atoms with Gasteiger partial charge >= 0.3 is 0 Å². The zero-order chi connectivity index (χ0) is 7.28. The quantitative estimate of drug-likeness (QED) is 0.433. The first kappa shape index (κ1) is 8.61. The molecule has 0 aromatic heterocycles. The average Bonchev–Trinajstić information content (AvgIpc) is 1.90. The van der Waals surface area contributed by atoms with E-state index in [0.717, 1.165) is 0 Å². The molecule has 0 bridgehead atoms. The van der Waals surface area contributed by atoms with Gasteiger partial charge in [0.2, 0.25) is 10.5 Å². The maximum atomic E-state index is 10.5. The highest BCUT2D eigenvalue weighted by atomic mass is 28.2. The van der Waals surface area contributed by atoms with Gasteiger partial charge in [-0.05, 0) is 0 Å². The highest BCUT2D eigenvalue weighted by molar-refractivity contribution is 6.05. The van der Waals surface area contributed by atoms with Crippen molar-refractivity contribution < 1.29 is 19.4 Å². The molecular formula is C4H10O4Si. The number of hydrogen-bond acceptors (Lipinski definition) is 4. The molecule has 54 valence electrons. The fourth-order valence-electron chi connectivity index (χ4n) is 0.373. The molecule has 0 saturated heterocycles. The first-order valence-electron chi connectivity index (χ1n) is 2.55. The van der Waals surface area contributed by atoms with Crippen molar-refractivity contribution in [3.05, 3.63) is 0 Å². The Kier molecular flexibility index (Phi) is 4.29. The summed E-state index contributed by atoms with van der Waals surface area (Å²) in [7, 11) is 0.308. The largest absolute Gasteiger partial charge is 0.528 e. The molecule has 0 aliphatic rings. The van der Waals surface area contributed by atoms with Crippen molar-refractivity contribution in [3.63, 3.8) is 0 Å². The van der Waals surface area contributed by atoms with Crippen LogP contribution in [0, 0.1) is 5.92 Å². The second-order valence-corrected chi connectivity index (χ2v) is 1.99.